The quantitative estimate of drug-likeness (QED) is 0.626. The van der Waals surface area contributed by atoms with Gasteiger partial charge in [-0.25, -0.2) is 4.79 Å². The lowest BCUT2D eigenvalue weighted by atomic mass is 9.86. The van der Waals surface area contributed by atoms with E-state index in [1.807, 2.05) is 26.8 Å². The first kappa shape index (κ1) is 19.0. The average molecular weight is 322 g/mol. The third-order valence-electron chi connectivity index (χ3n) is 2.79. The summed E-state index contributed by atoms with van der Waals surface area (Å²) in [5, 5.41) is 0. The van der Waals surface area contributed by atoms with Crippen LogP contribution in [-0.4, -0.2) is 24.1 Å². The van der Waals surface area contributed by atoms with Crippen LogP contribution in [0.5, 0.6) is 11.5 Å². The maximum absolute atomic E-state index is 11.7. The molecule has 0 heterocycles. The molecule has 0 aliphatic carbocycles. The molecule has 23 heavy (non-hydrogen) atoms. The zero-order valence-electron chi connectivity index (χ0n) is 15.0. The highest BCUT2D eigenvalue weighted by atomic mass is 16.6. The van der Waals surface area contributed by atoms with E-state index in [2.05, 4.69) is 0 Å². The SMILES string of the molecule is CC(=O)Oc1cc(OCC(=O)OC(C)(C)C)ccc1C(C)(C)C. The lowest BCUT2D eigenvalue weighted by molar-refractivity contribution is -0.157. The van der Waals surface area contributed by atoms with Crippen molar-refractivity contribution in [3.8, 4) is 11.5 Å². The summed E-state index contributed by atoms with van der Waals surface area (Å²) >= 11 is 0. The molecule has 5 heteroatoms. The van der Waals surface area contributed by atoms with Gasteiger partial charge in [0.05, 0.1) is 0 Å². The van der Waals surface area contributed by atoms with E-state index in [1.54, 1.807) is 32.9 Å². The predicted molar refractivity (Wildman–Crippen MR) is 87.8 cm³/mol. The van der Waals surface area contributed by atoms with E-state index in [-0.39, 0.29) is 12.0 Å². The molecule has 0 radical (unpaired) electrons. The van der Waals surface area contributed by atoms with Crippen molar-refractivity contribution in [2.75, 3.05) is 6.61 Å². The van der Waals surface area contributed by atoms with Gasteiger partial charge < -0.3 is 14.2 Å². The second-order valence-corrected chi connectivity index (χ2v) is 7.38. The van der Waals surface area contributed by atoms with Crippen molar-refractivity contribution in [3.05, 3.63) is 23.8 Å². The van der Waals surface area contributed by atoms with Crippen LogP contribution < -0.4 is 9.47 Å². The molecule has 0 aliphatic heterocycles. The Morgan fingerprint density at radius 1 is 1.04 bits per heavy atom. The topological polar surface area (TPSA) is 61.8 Å². The number of esters is 2. The minimum atomic E-state index is -0.556. The van der Waals surface area contributed by atoms with Crippen LogP contribution in [0.1, 0.15) is 54.0 Å². The fraction of sp³-hybridized carbons (Fsp3) is 0.556. The first-order valence-corrected chi connectivity index (χ1v) is 7.56. The fourth-order valence-corrected chi connectivity index (χ4v) is 1.96. The zero-order valence-corrected chi connectivity index (χ0v) is 15.0. The zero-order chi connectivity index (χ0) is 17.8. The van der Waals surface area contributed by atoms with Crippen LogP contribution in [0, 0.1) is 0 Å². The van der Waals surface area contributed by atoms with Gasteiger partial charge >= 0.3 is 11.9 Å². The molecule has 0 spiro atoms. The van der Waals surface area contributed by atoms with Crippen molar-refractivity contribution >= 4 is 11.9 Å². The standard InChI is InChI=1S/C18H26O5/c1-12(19)22-15-10-13(8-9-14(15)17(2,3)4)21-11-16(20)23-18(5,6)7/h8-10H,11H2,1-7H3. The number of rotatable bonds is 4. The Bertz CT molecular complexity index is 576. The number of carbonyl (C=O) groups excluding carboxylic acids is 2. The molecule has 0 aliphatic rings. The Balaban J connectivity index is 2.89. The minimum absolute atomic E-state index is 0.186. The predicted octanol–water partition coefficient (Wildman–Crippen LogP) is 3.63. The molecule has 5 nitrogen and oxygen atoms in total. The third-order valence-corrected chi connectivity index (χ3v) is 2.79. The van der Waals surface area contributed by atoms with Crippen LogP contribution in [0.2, 0.25) is 0 Å². The van der Waals surface area contributed by atoms with E-state index in [0.717, 1.165) is 5.56 Å². The molecule has 0 saturated heterocycles. The minimum Gasteiger partial charge on any atom is -0.482 e. The summed E-state index contributed by atoms with van der Waals surface area (Å²) < 4.78 is 15.9. The van der Waals surface area contributed by atoms with Crippen LogP contribution in [-0.2, 0) is 19.7 Å². The summed E-state index contributed by atoms with van der Waals surface area (Å²) in [7, 11) is 0. The molecular weight excluding hydrogens is 296 g/mol. The first-order chi connectivity index (χ1) is 10.4. The molecule has 0 atom stereocenters. The van der Waals surface area contributed by atoms with Crippen LogP contribution in [0.3, 0.4) is 0 Å². The normalized spacial score (nSPS) is 11.8. The van der Waals surface area contributed by atoms with Crippen LogP contribution in [0.15, 0.2) is 18.2 Å². The van der Waals surface area contributed by atoms with E-state index in [9.17, 15) is 9.59 Å². The Kier molecular flexibility index (Phi) is 5.81. The van der Waals surface area contributed by atoms with Crippen molar-refractivity contribution in [3.63, 3.8) is 0 Å². The number of benzene rings is 1. The molecular formula is C18H26O5. The molecule has 128 valence electrons. The Morgan fingerprint density at radius 2 is 1.65 bits per heavy atom. The Hall–Kier alpha value is -2.04. The Labute approximate surface area is 137 Å². The molecule has 1 rings (SSSR count). The van der Waals surface area contributed by atoms with Crippen molar-refractivity contribution < 1.29 is 23.8 Å². The molecule has 1 aromatic rings. The first-order valence-electron chi connectivity index (χ1n) is 7.56. The summed E-state index contributed by atoms with van der Waals surface area (Å²) in [6.07, 6.45) is 0. The second-order valence-electron chi connectivity index (χ2n) is 7.38. The van der Waals surface area contributed by atoms with E-state index >= 15 is 0 Å². The van der Waals surface area contributed by atoms with Gasteiger partial charge in [-0.05, 0) is 32.3 Å². The van der Waals surface area contributed by atoms with Gasteiger partial charge in [0.15, 0.2) is 6.61 Å². The maximum Gasteiger partial charge on any atom is 0.344 e. The van der Waals surface area contributed by atoms with E-state index in [4.69, 9.17) is 14.2 Å². The second kappa shape index (κ2) is 7.02. The molecule has 0 fully saturated rings. The van der Waals surface area contributed by atoms with Gasteiger partial charge in [-0.15, -0.1) is 0 Å². The van der Waals surface area contributed by atoms with Gasteiger partial charge in [-0.2, -0.15) is 0 Å². The Morgan fingerprint density at radius 3 is 2.13 bits per heavy atom. The highest BCUT2D eigenvalue weighted by molar-refractivity contribution is 5.72. The monoisotopic (exact) mass is 322 g/mol. The van der Waals surface area contributed by atoms with E-state index in [1.165, 1.54) is 6.92 Å². The lowest BCUT2D eigenvalue weighted by Crippen LogP contribution is -2.27. The van der Waals surface area contributed by atoms with Gasteiger partial charge in [-0.3, -0.25) is 4.79 Å². The van der Waals surface area contributed by atoms with Crippen LogP contribution in [0.25, 0.3) is 0 Å². The largest absolute Gasteiger partial charge is 0.482 e. The number of hydrogen-bond acceptors (Lipinski definition) is 5. The molecule has 0 amide bonds. The molecule has 0 saturated carbocycles. The van der Waals surface area contributed by atoms with Crippen molar-refractivity contribution in [1.29, 1.82) is 0 Å². The highest BCUT2D eigenvalue weighted by Crippen LogP contribution is 2.34. The third kappa shape index (κ3) is 6.72. The van der Waals surface area contributed by atoms with Gasteiger partial charge in [0, 0.05) is 18.6 Å². The molecule has 0 bridgehead atoms. The smallest absolute Gasteiger partial charge is 0.344 e. The van der Waals surface area contributed by atoms with Crippen molar-refractivity contribution in [1.82, 2.24) is 0 Å². The van der Waals surface area contributed by atoms with Crippen LogP contribution >= 0.6 is 0 Å². The summed E-state index contributed by atoms with van der Waals surface area (Å²) in [6.45, 7) is 12.6. The van der Waals surface area contributed by atoms with E-state index in [0.29, 0.717) is 11.5 Å². The van der Waals surface area contributed by atoms with Crippen molar-refractivity contribution in [2.24, 2.45) is 0 Å². The average Bonchev–Trinajstić information content (AvgIpc) is 2.32. The summed E-state index contributed by atoms with van der Waals surface area (Å²) in [5.74, 6) is 0.0259. The highest BCUT2D eigenvalue weighted by Gasteiger charge is 2.21. The van der Waals surface area contributed by atoms with Gasteiger partial charge in [0.1, 0.15) is 17.1 Å². The number of ether oxygens (including phenoxy) is 3. The van der Waals surface area contributed by atoms with Crippen LogP contribution in [0.4, 0.5) is 0 Å². The summed E-state index contributed by atoms with van der Waals surface area (Å²) in [5.41, 5.74) is 0.144. The van der Waals surface area contributed by atoms with Crippen molar-refractivity contribution in [2.45, 2.75) is 59.5 Å². The van der Waals surface area contributed by atoms with Gasteiger partial charge in [0.25, 0.3) is 0 Å². The van der Waals surface area contributed by atoms with Gasteiger partial charge in [-0.1, -0.05) is 26.8 Å². The van der Waals surface area contributed by atoms with E-state index < -0.39 is 17.5 Å². The summed E-state index contributed by atoms with van der Waals surface area (Å²) in [6, 6.07) is 5.20. The summed E-state index contributed by atoms with van der Waals surface area (Å²) in [4.78, 5) is 23.0. The molecule has 1 aromatic carbocycles. The maximum atomic E-state index is 11.7. The molecule has 0 N–H and O–H groups in total. The fourth-order valence-electron chi connectivity index (χ4n) is 1.96. The van der Waals surface area contributed by atoms with Gasteiger partial charge in [0.2, 0.25) is 0 Å². The number of hydrogen-bond donors (Lipinski definition) is 0. The molecule has 0 unspecified atom stereocenters. The molecule has 0 aromatic heterocycles. The lowest BCUT2D eigenvalue weighted by Gasteiger charge is -2.23. The number of carbonyl (C=O) groups is 2.